The molecular formula is C22H23N3O3S. The molecule has 0 bridgehead atoms. The molecule has 0 fully saturated rings. The number of hydrogen-bond acceptors (Lipinski definition) is 4. The smallest absolute Gasteiger partial charge is 0.257 e. The second kappa shape index (κ2) is 9.25. The molecule has 1 amide bonds. The molecule has 3 N–H and O–H groups in total. The molecule has 0 saturated heterocycles. The van der Waals surface area contributed by atoms with Gasteiger partial charge in [-0.15, -0.1) is 0 Å². The van der Waals surface area contributed by atoms with Gasteiger partial charge in [0, 0.05) is 17.1 Å². The van der Waals surface area contributed by atoms with E-state index in [1.165, 1.54) is 0 Å². The van der Waals surface area contributed by atoms with Gasteiger partial charge in [-0.2, -0.15) is 0 Å². The van der Waals surface area contributed by atoms with Crippen LogP contribution in [0, 0.1) is 0 Å². The Morgan fingerprint density at radius 2 is 1.41 bits per heavy atom. The van der Waals surface area contributed by atoms with Crippen LogP contribution in [0.25, 0.3) is 0 Å². The lowest BCUT2D eigenvalue weighted by Crippen LogP contribution is -2.16. The Labute approximate surface area is 171 Å². The lowest BCUT2D eigenvalue weighted by molar-refractivity contribution is 0.102. The first-order chi connectivity index (χ1) is 14.0. The zero-order chi connectivity index (χ0) is 20.7. The zero-order valence-corrected chi connectivity index (χ0v) is 16.9. The van der Waals surface area contributed by atoms with Crippen LogP contribution >= 0.6 is 0 Å². The Kier molecular flexibility index (Phi) is 6.51. The molecule has 0 radical (unpaired) electrons. The van der Waals surface area contributed by atoms with Gasteiger partial charge in [0.15, 0.2) is 0 Å². The second-order valence-electron chi connectivity index (χ2n) is 6.49. The van der Waals surface area contributed by atoms with Crippen molar-refractivity contribution in [2.45, 2.75) is 13.3 Å². The van der Waals surface area contributed by atoms with Gasteiger partial charge in [-0.25, -0.2) is 8.42 Å². The first-order valence-corrected chi connectivity index (χ1v) is 10.9. The van der Waals surface area contributed by atoms with E-state index in [2.05, 4.69) is 15.4 Å². The van der Waals surface area contributed by atoms with Crippen molar-refractivity contribution in [1.29, 1.82) is 0 Å². The minimum atomic E-state index is -3.34. The van der Waals surface area contributed by atoms with Gasteiger partial charge >= 0.3 is 0 Å². The summed E-state index contributed by atoms with van der Waals surface area (Å²) in [6.07, 6.45) is 0.542. The molecule has 7 heteroatoms. The van der Waals surface area contributed by atoms with E-state index in [4.69, 9.17) is 0 Å². The van der Waals surface area contributed by atoms with Gasteiger partial charge in [0.25, 0.3) is 5.91 Å². The number of carbonyl (C=O) groups excluding carboxylic acids is 1. The maximum absolute atomic E-state index is 12.8. The number of nitrogens with one attached hydrogen (secondary N) is 3. The molecule has 0 spiro atoms. The molecule has 3 aromatic rings. The summed E-state index contributed by atoms with van der Waals surface area (Å²) in [7, 11) is -3.34. The Morgan fingerprint density at radius 1 is 0.793 bits per heavy atom. The van der Waals surface area contributed by atoms with Crippen LogP contribution in [0.1, 0.15) is 23.7 Å². The Balaban J connectivity index is 1.71. The maximum Gasteiger partial charge on any atom is 0.257 e. The summed E-state index contributed by atoms with van der Waals surface area (Å²) in [4.78, 5) is 12.8. The van der Waals surface area contributed by atoms with Gasteiger partial charge in [-0.1, -0.05) is 37.3 Å². The van der Waals surface area contributed by atoms with Crippen LogP contribution < -0.4 is 15.4 Å². The van der Waals surface area contributed by atoms with Crippen LogP contribution in [0.4, 0.5) is 22.7 Å². The quantitative estimate of drug-likeness (QED) is 0.497. The number of rotatable bonds is 8. The largest absolute Gasteiger partial charge is 0.355 e. The summed E-state index contributed by atoms with van der Waals surface area (Å²) < 4.78 is 26.2. The van der Waals surface area contributed by atoms with Gasteiger partial charge in [0.05, 0.1) is 17.0 Å². The van der Waals surface area contributed by atoms with Crippen LogP contribution in [-0.4, -0.2) is 20.1 Å². The third-order valence-electron chi connectivity index (χ3n) is 4.11. The topological polar surface area (TPSA) is 87.3 Å². The lowest BCUT2D eigenvalue weighted by atomic mass is 10.1. The Morgan fingerprint density at radius 3 is 2.10 bits per heavy atom. The average Bonchev–Trinajstić information content (AvgIpc) is 2.70. The van der Waals surface area contributed by atoms with E-state index in [9.17, 15) is 13.2 Å². The number of anilines is 4. The highest BCUT2D eigenvalue weighted by atomic mass is 32.2. The van der Waals surface area contributed by atoms with Crippen LogP contribution in [0.3, 0.4) is 0 Å². The molecule has 3 rings (SSSR count). The number of para-hydroxylation sites is 2. The SMILES string of the molecule is CCCS(=O)(=O)Nc1ccc(NC(=O)c2ccccc2Nc2ccccc2)cc1. The van der Waals surface area contributed by atoms with Crippen molar-refractivity contribution in [3.63, 3.8) is 0 Å². The van der Waals surface area contributed by atoms with E-state index in [1.54, 1.807) is 36.4 Å². The van der Waals surface area contributed by atoms with Crippen molar-refractivity contribution in [2.24, 2.45) is 0 Å². The fraction of sp³-hybridized carbons (Fsp3) is 0.136. The summed E-state index contributed by atoms with van der Waals surface area (Å²) in [5.74, 6) is -0.195. The predicted octanol–water partition coefficient (Wildman–Crippen LogP) is 4.83. The van der Waals surface area contributed by atoms with Crippen molar-refractivity contribution >= 4 is 38.7 Å². The van der Waals surface area contributed by atoms with E-state index in [-0.39, 0.29) is 11.7 Å². The lowest BCUT2D eigenvalue weighted by Gasteiger charge is -2.13. The summed E-state index contributed by atoms with van der Waals surface area (Å²) in [6, 6.07) is 23.4. The summed E-state index contributed by atoms with van der Waals surface area (Å²) in [5, 5.41) is 6.09. The highest BCUT2D eigenvalue weighted by Gasteiger charge is 2.12. The summed E-state index contributed by atoms with van der Waals surface area (Å²) in [5.41, 5.74) is 3.12. The highest BCUT2D eigenvalue weighted by Crippen LogP contribution is 2.22. The fourth-order valence-electron chi connectivity index (χ4n) is 2.79. The minimum Gasteiger partial charge on any atom is -0.355 e. The van der Waals surface area contributed by atoms with E-state index >= 15 is 0 Å². The van der Waals surface area contributed by atoms with Crippen LogP contribution in [-0.2, 0) is 10.0 Å². The van der Waals surface area contributed by atoms with Crippen molar-refractivity contribution in [3.05, 3.63) is 84.4 Å². The first kappa shape index (κ1) is 20.4. The van der Waals surface area contributed by atoms with Crippen LogP contribution in [0.5, 0.6) is 0 Å². The summed E-state index contributed by atoms with van der Waals surface area (Å²) >= 11 is 0. The first-order valence-electron chi connectivity index (χ1n) is 9.30. The van der Waals surface area contributed by atoms with E-state index in [0.717, 1.165) is 5.69 Å². The minimum absolute atomic E-state index is 0.0662. The number of amides is 1. The van der Waals surface area contributed by atoms with Crippen LogP contribution in [0.15, 0.2) is 78.9 Å². The number of benzene rings is 3. The molecule has 0 unspecified atom stereocenters. The monoisotopic (exact) mass is 409 g/mol. The summed E-state index contributed by atoms with van der Waals surface area (Å²) in [6.45, 7) is 1.81. The number of carbonyl (C=O) groups is 1. The molecule has 0 aromatic heterocycles. The maximum atomic E-state index is 12.8. The molecular weight excluding hydrogens is 386 g/mol. The number of sulfonamides is 1. The van der Waals surface area contributed by atoms with E-state index < -0.39 is 10.0 Å². The van der Waals surface area contributed by atoms with Crippen molar-refractivity contribution in [2.75, 3.05) is 21.1 Å². The van der Waals surface area contributed by atoms with Crippen LogP contribution in [0.2, 0.25) is 0 Å². The van der Waals surface area contributed by atoms with E-state index in [0.29, 0.717) is 29.0 Å². The van der Waals surface area contributed by atoms with Gasteiger partial charge < -0.3 is 10.6 Å². The molecule has 0 aliphatic carbocycles. The third kappa shape index (κ3) is 5.83. The molecule has 6 nitrogen and oxygen atoms in total. The van der Waals surface area contributed by atoms with E-state index in [1.807, 2.05) is 49.4 Å². The molecule has 29 heavy (non-hydrogen) atoms. The molecule has 0 aliphatic heterocycles. The van der Waals surface area contributed by atoms with Crippen molar-refractivity contribution < 1.29 is 13.2 Å². The van der Waals surface area contributed by atoms with Gasteiger partial charge in [0.1, 0.15) is 0 Å². The van der Waals surface area contributed by atoms with Gasteiger partial charge in [-0.3, -0.25) is 9.52 Å². The van der Waals surface area contributed by atoms with Crippen molar-refractivity contribution in [3.8, 4) is 0 Å². The molecule has 0 atom stereocenters. The Bertz CT molecular complexity index is 1070. The zero-order valence-electron chi connectivity index (χ0n) is 16.1. The van der Waals surface area contributed by atoms with Gasteiger partial charge in [0.2, 0.25) is 10.0 Å². The van der Waals surface area contributed by atoms with Gasteiger partial charge in [-0.05, 0) is 55.0 Å². The second-order valence-corrected chi connectivity index (χ2v) is 8.33. The third-order valence-corrected chi connectivity index (χ3v) is 5.61. The average molecular weight is 410 g/mol. The number of hydrogen-bond donors (Lipinski definition) is 3. The predicted molar refractivity (Wildman–Crippen MR) is 118 cm³/mol. The Hall–Kier alpha value is -3.32. The standard InChI is InChI=1S/C22H23N3O3S/c1-2-16-29(27,28)25-19-14-12-18(13-15-19)24-22(26)20-10-6-7-11-21(20)23-17-8-4-3-5-9-17/h3-15,23,25H,2,16H2,1H3,(H,24,26). The molecule has 3 aromatic carbocycles. The molecule has 0 saturated carbocycles. The fourth-order valence-corrected chi connectivity index (χ4v) is 3.92. The molecule has 0 heterocycles. The molecule has 150 valence electrons. The van der Waals surface area contributed by atoms with Crippen molar-refractivity contribution in [1.82, 2.24) is 0 Å². The highest BCUT2D eigenvalue weighted by molar-refractivity contribution is 7.92. The molecule has 0 aliphatic rings. The normalized spacial score (nSPS) is 10.9.